The fourth-order valence-electron chi connectivity index (χ4n) is 2.16. The summed E-state index contributed by atoms with van der Waals surface area (Å²) in [5.74, 6) is -1.17. The maximum Gasteiger partial charge on any atom is 0.310 e. The molecule has 5 heteroatoms. The maximum atomic E-state index is 12.3. The minimum Gasteiger partial charge on any atom is -0.481 e. The van der Waals surface area contributed by atoms with Crippen molar-refractivity contribution in [2.24, 2.45) is 5.41 Å². The zero-order valence-corrected chi connectivity index (χ0v) is 12.5. The normalized spacial score (nSPS) is 11.6. The Morgan fingerprint density at radius 3 is 2.57 bits per heavy atom. The predicted octanol–water partition coefficient (Wildman–Crippen LogP) is 2.50. The number of carbonyl (C=O) groups excluding carboxylic acids is 1. The van der Waals surface area contributed by atoms with Crippen LogP contribution in [0.2, 0.25) is 0 Å². The molecule has 5 nitrogen and oxygen atoms in total. The first-order valence-electron chi connectivity index (χ1n) is 6.96. The number of rotatable bonds is 5. The second kappa shape index (κ2) is 5.60. The molecule has 0 aliphatic rings. The first-order chi connectivity index (χ1) is 9.86. The van der Waals surface area contributed by atoms with Gasteiger partial charge in [-0.15, -0.1) is 0 Å². The van der Waals surface area contributed by atoms with Gasteiger partial charge >= 0.3 is 5.97 Å². The van der Waals surface area contributed by atoms with Crippen LogP contribution in [0.4, 0.5) is 0 Å². The second-order valence-electron chi connectivity index (χ2n) is 5.72. The van der Waals surface area contributed by atoms with Crippen molar-refractivity contribution in [2.75, 3.05) is 6.54 Å². The van der Waals surface area contributed by atoms with E-state index in [4.69, 9.17) is 5.11 Å². The topological polar surface area (TPSA) is 71.3 Å². The third-order valence-corrected chi connectivity index (χ3v) is 3.64. The Labute approximate surface area is 123 Å². The number of amides is 1. The molecule has 0 radical (unpaired) electrons. The van der Waals surface area contributed by atoms with Gasteiger partial charge in [0.1, 0.15) is 0 Å². The summed E-state index contributed by atoms with van der Waals surface area (Å²) in [5.41, 5.74) is 0.593. The summed E-state index contributed by atoms with van der Waals surface area (Å²) in [6.07, 6.45) is 1.81. The van der Waals surface area contributed by atoms with E-state index in [-0.39, 0.29) is 12.5 Å². The van der Waals surface area contributed by atoms with E-state index >= 15 is 0 Å². The van der Waals surface area contributed by atoms with Crippen LogP contribution in [0.25, 0.3) is 10.9 Å². The molecule has 0 saturated heterocycles. The van der Waals surface area contributed by atoms with E-state index < -0.39 is 11.4 Å². The molecule has 1 aromatic heterocycles. The van der Waals surface area contributed by atoms with Crippen molar-refractivity contribution in [2.45, 2.75) is 27.3 Å². The molecule has 0 bridgehead atoms. The number of carbonyl (C=O) groups is 2. The number of aliphatic carboxylic acids is 1. The Hall–Kier alpha value is -2.30. The van der Waals surface area contributed by atoms with E-state index in [2.05, 4.69) is 5.32 Å². The fourth-order valence-corrected chi connectivity index (χ4v) is 2.16. The lowest BCUT2D eigenvalue weighted by Crippen LogP contribution is -2.38. The standard InChI is InChI=1S/C16H20N2O3/c1-4-18-9-12(11-7-5-6-8-13(11)18)14(19)17-10-16(2,3)15(20)21/h5-9H,4,10H2,1-3H3,(H,17,19)(H,20,21). The number of carboxylic acid groups (broad SMARTS) is 1. The molecule has 0 unspecified atom stereocenters. The smallest absolute Gasteiger partial charge is 0.310 e. The Morgan fingerprint density at radius 1 is 1.29 bits per heavy atom. The molecule has 2 aromatic rings. The third-order valence-electron chi connectivity index (χ3n) is 3.64. The highest BCUT2D eigenvalue weighted by Gasteiger charge is 2.28. The van der Waals surface area contributed by atoms with Crippen molar-refractivity contribution in [3.63, 3.8) is 0 Å². The number of aryl methyl sites for hydroxylation is 1. The first-order valence-corrected chi connectivity index (χ1v) is 6.96. The SMILES string of the molecule is CCn1cc(C(=O)NCC(C)(C)C(=O)O)c2ccccc21. The third kappa shape index (κ3) is 2.91. The van der Waals surface area contributed by atoms with Gasteiger partial charge in [0.15, 0.2) is 0 Å². The van der Waals surface area contributed by atoms with Gasteiger partial charge in [-0.2, -0.15) is 0 Å². The summed E-state index contributed by atoms with van der Waals surface area (Å²) < 4.78 is 2.01. The van der Waals surface area contributed by atoms with Crippen molar-refractivity contribution >= 4 is 22.8 Å². The molecule has 2 rings (SSSR count). The molecule has 1 aromatic carbocycles. The predicted molar refractivity (Wildman–Crippen MR) is 81.4 cm³/mol. The molecule has 0 fully saturated rings. The molecule has 2 N–H and O–H groups in total. The van der Waals surface area contributed by atoms with Crippen molar-refractivity contribution in [1.29, 1.82) is 0 Å². The average Bonchev–Trinajstić information content (AvgIpc) is 2.83. The van der Waals surface area contributed by atoms with Crippen LogP contribution in [-0.2, 0) is 11.3 Å². The molecular weight excluding hydrogens is 268 g/mol. The first kappa shape index (κ1) is 15.1. The molecule has 1 amide bonds. The maximum absolute atomic E-state index is 12.3. The number of para-hydroxylation sites is 1. The molecule has 0 spiro atoms. The number of nitrogens with one attached hydrogen (secondary N) is 1. The molecule has 112 valence electrons. The molecular formula is C16H20N2O3. The Bertz CT molecular complexity index is 686. The minimum absolute atomic E-state index is 0.0901. The average molecular weight is 288 g/mol. The van der Waals surface area contributed by atoms with E-state index in [1.807, 2.05) is 42.0 Å². The van der Waals surface area contributed by atoms with Gasteiger partial charge < -0.3 is 15.0 Å². The Morgan fingerprint density at radius 2 is 1.95 bits per heavy atom. The summed E-state index contributed by atoms with van der Waals surface area (Å²) >= 11 is 0. The highest BCUT2D eigenvalue weighted by atomic mass is 16.4. The molecule has 0 aliphatic heterocycles. The van der Waals surface area contributed by atoms with Crippen molar-refractivity contribution < 1.29 is 14.7 Å². The van der Waals surface area contributed by atoms with Gasteiger partial charge in [-0.05, 0) is 26.8 Å². The molecule has 1 heterocycles. The van der Waals surface area contributed by atoms with Gasteiger partial charge in [0, 0.05) is 30.2 Å². The zero-order chi connectivity index (χ0) is 15.6. The quantitative estimate of drug-likeness (QED) is 0.888. The number of carboxylic acids is 1. The lowest BCUT2D eigenvalue weighted by atomic mass is 9.94. The van der Waals surface area contributed by atoms with Crippen LogP contribution in [0.1, 0.15) is 31.1 Å². The van der Waals surface area contributed by atoms with Gasteiger partial charge in [0.05, 0.1) is 11.0 Å². The molecule has 0 saturated carbocycles. The number of fused-ring (bicyclic) bond motifs is 1. The Kier molecular flexibility index (Phi) is 4.02. The summed E-state index contributed by atoms with van der Waals surface area (Å²) in [5, 5.41) is 12.7. The van der Waals surface area contributed by atoms with Crippen LogP contribution in [0.15, 0.2) is 30.5 Å². The zero-order valence-electron chi connectivity index (χ0n) is 12.5. The summed E-state index contributed by atoms with van der Waals surface area (Å²) in [6, 6.07) is 7.69. The van der Waals surface area contributed by atoms with Crippen LogP contribution in [0, 0.1) is 5.41 Å². The molecule has 0 aliphatic carbocycles. The second-order valence-corrected chi connectivity index (χ2v) is 5.72. The number of nitrogens with zero attached hydrogens (tertiary/aromatic N) is 1. The molecule has 21 heavy (non-hydrogen) atoms. The number of hydrogen-bond acceptors (Lipinski definition) is 2. The van der Waals surface area contributed by atoms with E-state index in [0.29, 0.717) is 5.56 Å². The highest BCUT2D eigenvalue weighted by molar-refractivity contribution is 6.07. The van der Waals surface area contributed by atoms with Crippen molar-refractivity contribution in [3.8, 4) is 0 Å². The van der Waals surface area contributed by atoms with Gasteiger partial charge in [0.25, 0.3) is 5.91 Å². The lowest BCUT2D eigenvalue weighted by molar-refractivity contribution is -0.146. The van der Waals surface area contributed by atoms with E-state index in [1.54, 1.807) is 13.8 Å². The van der Waals surface area contributed by atoms with Crippen LogP contribution < -0.4 is 5.32 Å². The van der Waals surface area contributed by atoms with Crippen molar-refractivity contribution in [1.82, 2.24) is 9.88 Å². The number of benzene rings is 1. The number of hydrogen-bond donors (Lipinski definition) is 2. The lowest BCUT2D eigenvalue weighted by Gasteiger charge is -2.19. The van der Waals surface area contributed by atoms with Gasteiger partial charge in [-0.25, -0.2) is 0 Å². The minimum atomic E-state index is -0.987. The molecule has 0 atom stereocenters. The summed E-state index contributed by atoms with van der Waals surface area (Å²) in [6.45, 7) is 6.05. The van der Waals surface area contributed by atoms with E-state index in [9.17, 15) is 9.59 Å². The number of aromatic nitrogens is 1. The monoisotopic (exact) mass is 288 g/mol. The van der Waals surface area contributed by atoms with E-state index in [1.165, 1.54) is 0 Å². The fraction of sp³-hybridized carbons (Fsp3) is 0.375. The van der Waals surface area contributed by atoms with Gasteiger partial charge in [-0.1, -0.05) is 18.2 Å². The van der Waals surface area contributed by atoms with E-state index in [0.717, 1.165) is 17.4 Å². The van der Waals surface area contributed by atoms with Crippen LogP contribution in [0.3, 0.4) is 0 Å². The highest BCUT2D eigenvalue weighted by Crippen LogP contribution is 2.21. The Balaban J connectivity index is 2.26. The van der Waals surface area contributed by atoms with Gasteiger partial charge in [-0.3, -0.25) is 9.59 Å². The summed E-state index contributed by atoms with van der Waals surface area (Å²) in [4.78, 5) is 23.4. The van der Waals surface area contributed by atoms with Crippen molar-refractivity contribution in [3.05, 3.63) is 36.0 Å². The van der Waals surface area contributed by atoms with Crippen LogP contribution in [-0.4, -0.2) is 28.1 Å². The summed E-state index contributed by atoms with van der Waals surface area (Å²) in [7, 11) is 0. The van der Waals surface area contributed by atoms with Gasteiger partial charge in [0.2, 0.25) is 0 Å². The van der Waals surface area contributed by atoms with Crippen LogP contribution in [0.5, 0.6) is 0 Å². The largest absolute Gasteiger partial charge is 0.481 e. The van der Waals surface area contributed by atoms with Crippen LogP contribution >= 0.6 is 0 Å².